The predicted molar refractivity (Wildman–Crippen MR) is 69.6 cm³/mol. The summed E-state index contributed by atoms with van der Waals surface area (Å²) in [6.07, 6.45) is 8.61. The average Bonchev–Trinajstić information content (AvgIpc) is 2.30. The molecule has 0 aromatic rings. The first-order chi connectivity index (χ1) is 7.09. The van der Waals surface area contributed by atoms with E-state index in [4.69, 9.17) is 4.74 Å². The molecular formula is C13H25BrO. The summed E-state index contributed by atoms with van der Waals surface area (Å²) in [4.78, 5) is 0.578. The second-order valence-corrected chi connectivity index (χ2v) is 6.44. The number of hydrogen-bond donors (Lipinski definition) is 0. The lowest BCUT2D eigenvalue weighted by molar-refractivity contribution is -0.0146. The molecule has 1 saturated carbocycles. The number of rotatable bonds is 4. The fourth-order valence-corrected chi connectivity index (χ4v) is 3.11. The molecule has 0 N–H and O–H groups in total. The predicted octanol–water partition coefficient (Wildman–Crippen LogP) is 4.53. The van der Waals surface area contributed by atoms with Crippen LogP contribution in [0.15, 0.2) is 0 Å². The van der Waals surface area contributed by atoms with Crippen LogP contribution in [-0.4, -0.2) is 17.0 Å². The quantitative estimate of drug-likeness (QED) is 0.541. The van der Waals surface area contributed by atoms with Crippen LogP contribution in [0.2, 0.25) is 0 Å². The van der Waals surface area contributed by atoms with Gasteiger partial charge in [0.25, 0.3) is 0 Å². The summed E-state index contributed by atoms with van der Waals surface area (Å²) in [6.45, 7) is 6.74. The van der Waals surface area contributed by atoms with Crippen molar-refractivity contribution in [1.82, 2.24) is 0 Å². The molecular weight excluding hydrogens is 252 g/mol. The Morgan fingerprint density at radius 2 is 1.80 bits per heavy atom. The van der Waals surface area contributed by atoms with E-state index in [2.05, 4.69) is 36.7 Å². The first-order valence-corrected chi connectivity index (χ1v) is 7.30. The maximum Gasteiger partial charge on any atom is 0.0703 e. The molecule has 0 aliphatic heterocycles. The average molecular weight is 277 g/mol. The Balaban J connectivity index is 2.33. The van der Waals surface area contributed by atoms with E-state index < -0.39 is 0 Å². The lowest BCUT2D eigenvalue weighted by Crippen LogP contribution is -2.28. The highest BCUT2D eigenvalue weighted by Crippen LogP contribution is 2.27. The summed E-state index contributed by atoms with van der Waals surface area (Å²) in [5.41, 5.74) is 0. The Kier molecular flexibility index (Phi) is 6.21. The zero-order chi connectivity index (χ0) is 11.3. The molecule has 0 aromatic heterocycles. The molecule has 0 aromatic carbocycles. The van der Waals surface area contributed by atoms with Crippen LogP contribution in [-0.2, 0) is 4.74 Å². The summed E-state index contributed by atoms with van der Waals surface area (Å²) in [5, 5.41) is 0. The van der Waals surface area contributed by atoms with Gasteiger partial charge in [-0.15, -0.1) is 0 Å². The molecule has 3 atom stereocenters. The van der Waals surface area contributed by atoms with Gasteiger partial charge in [0.15, 0.2) is 0 Å². The van der Waals surface area contributed by atoms with Crippen LogP contribution < -0.4 is 0 Å². The Hall–Kier alpha value is 0.440. The molecule has 0 radical (unpaired) electrons. The Morgan fingerprint density at radius 1 is 1.13 bits per heavy atom. The van der Waals surface area contributed by atoms with Crippen molar-refractivity contribution in [1.29, 1.82) is 0 Å². The van der Waals surface area contributed by atoms with Gasteiger partial charge in [0.05, 0.1) is 12.2 Å². The molecule has 0 spiro atoms. The second-order valence-electron chi connectivity index (χ2n) is 5.27. The van der Waals surface area contributed by atoms with E-state index in [0.717, 1.165) is 5.92 Å². The fourth-order valence-electron chi connectivity index (χ4n) is 2.40. The maximum absolute atomic E-state index is 6.15. The first kappa shape index (κ1) is 13.5. The van der Waals surface area contributed by atoms with E-state index in [9.17, 15) is 0 Å². The highest BCUT2D eigenvalue weighted by Gasteiger charge is 2.23. The third kappa shape index (κ3) is 5.35. The van der Waals surface area contributed by atoms with Gasteiger partial charge in [-0.05, 0) is 32.1 Å². The van der Waals surface area contributed by atoms with Gasteiger partial charge < -0.3 is 4.74 Å². The smallest absolute Gasteiger partial charge is 0.0703 e. The van der Waals surface area contributed by atoms with Gasteiger partial charge in [-0.25, -0.2) is 0 Å². The molecule has 1 aliphatic rings. The van der Waals surface area contributed by atoms with Crippen LogP contribution in [0.5, 0.6) is 0 Å². The molecule has 0 amide bonds. The van der Waals surface area contributed by atoms with Gasteiger partial charge in [-0.1, -0.05) is 49.0 Å². The molecule has 1 aliphatic carbocycles. The minimum atomic E-state index is 0.410. The summed E-state index contributed by atoms with van der Waals surface area (Å²) in [5.74, 6) is 0.736. The Morgan fingerprint density at radius 3 is 2.47 bits per heavy atom. The van der Waals surface area contributed by atoms with E-state index in [1.165, 1.54) is 38.5 Å². The largest absolute Gasteiger partial charge is 0.374 e. The molecule has 15 heavy (non-hydrogen) atoms. The van der Waals surface area contributed by atoms with Crippen LogP contribution in [0.4, 0.5) is 0 Å². The number of halogens is 1. The second kappa shape index (κ2) is 6.90. The monoisotopic (exact) mass is 276 g/mol. The molecule has 1 fully saturated rings. The summed E-state index contributed by atoms with van der Waals surface area (Å²) < 4.78 is 6.15. The summed E-state index contributed by atoms with van der Waals surface area (Å²) in [6, 6.07) is 0. The summed E-state index contributed by atoms with van der Waals surface area (Å²) in [7, 11) is 0. The van der Waals surface area contributed by atoms with Crippen LogP contribution in [0, 0.1) is 5.92 Å². The standard InChI is InChI=1S/C13H25BrO/c1-10(2)9-11(3)15-13-8-6-4-5-7-12(13)14/h10-13H,4-9H2,1-3H3. The number of hydrogen-bond acceptors (Lipinski definition) is 1. The van der Waals surface area contributed by atoms with Crippen molar-refractivity contribution in [3.05, 3.63) is 0 Å². The molecule has 2 heteroatoms. The highest BCUT2D eigenvalue weighted by molar-refractivity contribution is 9.09. The molecule has 0 bridgehead atoms. The first-order valence-electron chi connectivity index (χ1n) is 6.39. The SMILES string of the molecule is CC(C)CC(C)OC1CCCCCC1Br. The minimum Gasteiger partial charge on any atom is -0.374 e. The third-order valence-electron chi connectivity index (χ3n) is 3.08. The maximum atomic E-state index is 6.15. The van der Waals surface area contributed by atoms with Crippen molar-refractivity contribution in [3.8, 4) is 0 Å². The van der Waals surface area contributed by atoms with Crippen molar-refractivity contribution in [2.24, 2.45) is 5.92 Å². The van der Waals surface area contributed by atoms with Gasteiger partial charge >= 0.3 is 0 Å². The highest BCUT2D eigenvalue weighted by atomic mass is 79.9. The van der Waals surface area contributed by atoms with Crippen molar-refractivity contribution in [2.45, 2.75) is 76.3 Å². The molecule has 0 saturated heterocycles. The Bertz CT molecular complexity index is 170. The van der Waals surface area contributed by atoms with E-state index in [-0.39, 0.29) is 0 Å². The molecule has 0 heterocycles. The van der Waals surface area contributed by atoms with E-state index in [0.29, 0.717) is 17.0 Å². The van der Waals surface area contributed by atoms with E-state index in [1.807, 2.05) is 0 Å². The molecule has 1 rings (SSSR count). The van der Waals surface area contributed by atoms with Crippen molar-refractivity contribution in [3.63, 3.8) is 0 Å². The van der Waals surface area contributed by atoms with E-state index in [1.54, 1.807) is 0 Å². The lowest BCUT2D eigenvalue weighted by atomic mass is 10.1. The van der Waals surface area contributed by atoms with E-state index >= 15 is 0 Å². The van der Waals surface area contributed by atoms with Crippen LogP contribution >= 0.6 is 15.9 Å². The normalized spacial score (nSPS) is 30.2. The number of alkyl halides is 1. The molecule has 90 valence electrons. The van der Waals surface area contributed by atoms with Gasteiger partial charge in [-0.2, -0.15) is 0 Å². The molecule has 1 nitrogen and oxygen atoms in total. The van der Waals surface area contributed by atoms with Gasteiger partial charge in [0.2, 0.25) is 0 Å². The van der Waals surface area contributed by atoms with Gasteiger partial charge in [-0.3, -0.25) is 0 Å². The van der Waals surface area contributed by atoms with Crippen LogP contribution in [0.3, 0.4) is 0 Å². The van der Waals surface area contributed by atoms with Crippen LogP contribution in [0.25, 0.3) is 0 Å². The molecule has 3 unspecified atom stereocenters. The zero-order valence-corrected chi connectivity index (χ0v) is 11.9. The van der Waals surface area contributed by atoms with Crippen molar-refractivity contribution < 1.29 is 4.74 Å². The van der Waals surface area contributed by atoms with Crippen LogP contribution in [0.1, 0.15) is 59.3 Å². The third-order valence-corrected chi connectivity index (χ3v) is 4.13. The van der Waals surface area contributed by atoms with Crippen molar-refractivity contribution in [2.75, 3.05) is 0 Å². The minimum absolute atomic E-state index is 0.410. The van der Waals surface area contributed by atoms with Gasteiger partial charge in [0.1, 0.15) is 0 Å². The fraction of sp³-hybridized carbons (Fsp3) is 1.00. The topological polar surface area (TPSA) is 9.23 Å². The number of ether oxygens (including phenoxy) is 1. The zero-order valence-electron chi connectivity index (χ0n) is 10.3. The van der Waals surface area contributed by atoms with Crippen molar-refractivity contribution >= 4 is 15.9 Å². The summed E-state index contributed by atoms with van der Waals surface area (Å²) >= 11 is 3.77. The Labute approximate surface area is 103 Å². The van der Waals surface area contributed by atoms with Gasteiger partial charge in [0, 0.05) is 4.83 Å². The lowest BCUT2D eigenvalue weighted by Gasteiger charge is -2.25.